The average Bonchev–Trinajstić information content (AvgIpc) is 2.76. The Bertz CT molecular complexity index is 744. The van der Waals surface area contributed by atoms with E-state index >= 15 is 0 Å². The number of morpholine rings is 1. The average molecular weight is 382 g/mol. The van der Waals surface area contributed by atoms with Crippen molar-refractivity contribution in [2.24, 2.45) is 0 Å². The molecule has 28 heavy (non-hydrogen) atoms. The summed E-state index contributed by atoms with van der Waals surface area (Å²) in [5.74, 6) is 0.916. The van der Waals surface area contributed by atoms with Crippen LogP contribution >= 0.6 is 0 Å². The molecule has 150 valence electrons. The third-order valence-corrected chi connectivity index (χ3v) is 5.75. The highest BCUT2D eigenvalue weighted by atomic mass is 16.5. The van der Waals surface area contributed by atoms with Gasteiger partial charge < -0.3 is 14.8 Å². The van der Waals surface area contributed by atoms with Crippen molar-refractivity contribution in [2.75, 3.05) is 53.0 Å². The van der Waals surface area contributed by atoms with Crippen LogP contribution in [0.15, 0.2) is 48.5 Å². The molecule has 1 N–H and O–H groups in total. The first-order valence-corrected chi connectivity index (χ1v) is 10.3. The van der Waals surface area contributed by atoms with E-state index in [1.165, 1.54) is 16.7 Å². The van der Waals surface area contributed by atoms with E-state index in [0.717, 1.165) is 64.8 Å². The van der Waals surface area contributed by atoms with Crippen LogP contribution in [0.3, 0.4) is 0 Å². The molecule has 5 nitrogen and oxygen atoms in total. The number of piperazine rings is 1. The molecule has 0 aromatic heterocycles. The van der Waals surface area contributed by atoms with Gasteiger partial charge in [0, 0.05) is 51.9 Å². The van der Waals surface area contributed by atoms with Crippen LogP contribution in [0, 0.1) is 0 Å². The van der Waals surface area contributed by atoms with Gasteiger partial charge in [-0.15, -0.1) is 0 Å². The van der Waals surface area contributed by atoms with E-state index in [-0.39, 0.29) is 0 Å². The molecule has 0 aliphatic carbocycles. The minimum Gasteiger partial charge on any atom is -0.497 e. The normalized spacial score (nSPS) is 21.5. The fourth-order valence-electron chi connectivity index (χ4n) is 4.17. The number of nitrogens with zero attached hydrogens (tertiary/aromatic N) is 2. The van der Waals surface area contributed by atoms with Crippen LogP contribution in [-0.2, 0) is 17.8 Å². The quantitative estimate of drug-likeness (QED) is 0.833. The molecular formula is C23H31N3O2. The second-order valence-corrected chi connectivity index (χ2v) is 7.68. The van der Waals surface area contributed by atoms with E-state index in [2.05, 4.69) is 51.5 Å². The van der Waals surface area contributed by atoms with Gasteiger partial charge in [-0.25, -0.2) is 0 Å². The number of nitrogens with one attached hydrogen (secondary N) is 1. The van der Waals surface area contributed by atoms with Crippen molar-refractivity contribution in [3.8, 4) is 5.75 Å². The minimum atomic E-state index is 0.379. The maximum atomic E-state index is 5.50. The van der Waals surface area contributed by atoms with Crippen LogP contribution < -0.4 is 10.1 Å². The molecule has 0 saturated carbocycles. The molecular weight excluding hydrogens is 350 g/mol. The zero-order valence-corrected chi connectivity index (χ0v) is 16.8. The van der Waals surface area contributed by atoms with Gasteiger partial charge in [0.2, 0.25) is 0 Å². The minimum absolute atomic E-state index is 0.379. The predicted octanol–water partition coefficient (Wildman–Crippen LogP) is 2.67. The first-order chi connectivity index (χ1) is 13.8. The molecule has 2 saturated heterocycles. The van der Waals surface area contributed by atoms with Gasteiger partial charge in [0.25, 0.3) is 0 Å². The van der Waals surface area contributed by atoms with Gasteiger partial charge in [0.1, 0.15) is 5.75 Å². The summed E-state index contributed by atoms with van der Waals surface area (Å²) >= 11 is 0. The number of hydrogen-bond acceptors (Lipinski definition) is 5. The number of ether oxygens (including phenoxy) is 2. The van der Waals surface area contributed by atoms with Gasteiger partial charge in [-0.2, -0.15) is 0 Å². The fourth-order valence-corrected chi connectivity index (χ4v) is 4.17. The zero-order valence-electron chi connectivity index (χ0n) is 16.8. The van der Waals surface area contributed by atoms with Crippen molar-refractivity contribution in [3.05, 3.63) is 65.2 Å². The van der Waals surface area contributed by atoms with Crippen LogP contribution in [-0.4, -0.2) is 62.8 Å². The Morgan fingerprint density at radius 2 is 1.75 bits per heavy atom. The van der Waals surface area contributed by atoms with Crippen LogP contribution in [0.4, 0.5) is 0 Å². The number of methoxy groups -OCH3 is 1. The van der Waals surface area contributed by atoms with Crippen molar-refractivity contribution >= 4 is 0 Å². The summed E-state index contributed by atoms with van der Waals surface area (Å²) in [7, 11) is 1.71. The van der Waals surface area contributed by atoms with Crippen LogP contribution in [0.25, 0.3) is 0 Å². The molecule has 2 aliphatic rings. The molecule has 2 aromatic carbocycles. The SMILES string of the molecule is COc1ccc(CN2CCNC(c3ccccc3CN3CCOCC3)C2)cc1. The highest BCUT2D eigenvalue weighted by molar-refractivity contribution is 5.31. The second kappa shape index (κ2) is 9.52. The Hall–Kier alpha value is -1.92. The number of hydrogen-bond donors (Lipinski definition) is 1. The third kappa shape index (κ3) is 4.92. The summed E-state index contributed by atoms with van der Waals surface area (Å²) < 4.78 is 10.8. The first-order valence-electron chi connectivity index (χ1n) is 10.3. The lowest BCUT2D eigenvalue weighted by Gasteiger charge is -2.35. The third-order valence-electron chi connectivity index (χ3n) is 5.75. The van der Waals surface area contributed by atoms with Crippen molar-refractivity contribution in [1.29, 1.82) is 0 Å². The summed E-state index contributed by atoms with van der Waals surface area (Å²) in [5, 5.41) is 3.74. The summed E-state index contributed by atoms with van der Waals surface area (Å²) in [5.41, 5.74) is 4.21. The van der Waals surface area contributed by atoms with E-state index in [0.29, 0.717) is 6.04 Å². The summed E-state index contributed by atoms with van der Waals surface area (Å²) in [4.78, 5) is 5.05. The molecule has 1 unspecified atom stereocenters. The van der Waals surface area contributed by atoms with Crippen LogP contribution in [0.2, 0.25) is 0 Å². The van der Waals surface area contributed by atoms with Gasteiger partial charge >= 0.3 is 0 Å². The molecule has 4 rings (SSSR count). The second-order valence-electron chi connectivity index (χ2n) is 7.68. The van der Waals surface area contributed by atoms with Crippen LogP contribution in [0.5, 0.6) is 5.75 Å². The molecule has 2 fully saturated rings. The smallest absolute Gasteiger partial charge is 0.118 e. The Morgan fingerprint density at radius 3 is 2.54 bits per heavy atom. The molecule has 2 aliphatic heterocycles. The monoisotopic (exact) mass is 381 g/mol. The highest BCUT2D eigenvalue weighted by Gasteiger charge is 2.23. The molecule has 2 heterocycles. The molecule has 1 atom stereocenters. The van der Waals surface area contributed by atoms with Gasteiger partial charge in [-0.3, -0.25) is 9.80 Å². The van der Waals surface area contributed by atoms with Crippen molar-refractivity contribution in [2.45, 2.75) is 19.1 Å². The summed E-state index contributed by atoms with van der Waals surface area (Å²) in [6.07, 6.45) is 0. The molecule has 0 amide bonds. The Kier molecular flexibility index (Phi) is 6.60. The van der Waals surface area contributed by atoms with Crippen molar-refractivity contribution in [1.82, 2.24) is 15.1 Å². The maximum Gasteiger partial charge on any atom is 0.118 e. The number of rotatable bonds is 6. The molecule has 2 aromatic rings. The molecule has 0 bridgehead atoms. The maximum absolute atomic E-state index is 5.50. The standard InChI is InChI=1S/C23H31N3O2/c1-27-21-8-6-19(7-9-21)16-26-11-10-24-23(18-26)22-5-3-2-4-20(22)17-25-12-14-28-15-13-25/h2-9,23-24H,10-18H2,1H3. The highest BCUT2D eigenvalue weighted by Crippen LogP contribution is 2.24. The van der Waals surface area contributed by atoms with E-state index in [9.17, 15) is 0 Å². The Balaban J connectivity index is 1.42. The van der Waals surface area contributed by atoms with E-state index in [1.807, 2.05) is 12.1 Å². The summed E-state index contributed by atoms with van der Waals surface area (Å²) in [6.45, 7) is 8.86. The number of benzene rings is 2. The molecule has 0 spiro atoms. The lowest BCUT2D eigenvalue weighted by Crippen LogP contribution is -2.45. The van der Waals surface area contributed by atoms with Gasteiger partial charge in [0.05, 0.1) is 20.3 Å². The van der Waals surface area contributed by atoms with Crippen molar-refractivity contribution < 1.29 is 9.47 Å². The lowest BCUT2D eigenvalue weighted by molar-refractivity contribution is 0.0339. The fraction of sp³-hybridized carbons (Fsp3) is 0.478. The van der Waals surface area contributed by atoms with Crippen LogP contribution in [0.1, 0.15) is 22.7 Å². The van der Waals surface area contributed by atoms with Gasteiger partial charge in [-0.1, -0.05) is 36.4 Å². The largest absolute Gasteiger partial charge is 0.497 e. The first kappa shape index (κ1) is 19.4. The topological polar surface area (TPSA) is 37.0 Å². The van der Waals surface area contributed by atoms with Crippen molar-refractivity contribution in [3.63, 3.8) is 0 Å². The predicted molar refractivity (Wildman–Crippen MR) is 112 cm³/mol. The van der Waals surface area contributed by atoms with Gasteiger partial charge in [-0.05, 0) is 28.8 Å². The molecule has 0 radical (unpaired) electrons. The van der Waals surface area contributed by atoms with E-state index in [1.54, 1.807) is 7.11 Å². The van der Waals surface area contributed by atoms with E-state index < -0.39 is 0 Å². The zero-order chi connectivity index (χ0) is 19.2. The van der Waals surface area contributed by atoms with Gasteiger partial charge in [0.15, 0.2) is 0 Å². The Labute approximate surface area is 168 Å². The summed E-state index contributed by atoms with van der Waals surface area (Å²) in [6, 6.07) is 17.7. The molecule has 5 heteroatoms. The lowest BCUT2D eigenvalue weighted by atomic mass is 9.97. The Morgan fingerprint density at radius 1 is 0.964 bits per heavy atom. The van der Waals surface area contributed by atoms with E-state index in [4.69, 9.17) is 9.47 Å².